The Bertz CT molecular complexity index is 281. The molecule has 0 unspecified atom stereocenters. The highest BCUT2D eigenvalue weighted by molar-refractivity contribution is 5.93. The van der Waals surface area contributed by atoms with Crippen molar-refractivity contribution in [2.45, 2.75) is 25.8 Å². The van der Waals surface area contributed by atoms with Gasteiger partial charge in [-0.15, -0.1) is 0 Å². The van der Waals surface area contributed by atoms with Crippen LogP contribution in [0.3, 0.4) is 0 Å². The second-order valence-corrected chi connectivity index (χ2v) is 3.89. The highest BCUT2D eigenvalue weighted by Gasteiger charge is 2.18. The molecule has 0 bridgehead atoms. The second kappa shape index (κ2) is 6.27. The van der Waals surface area contributed by atoms with Crippen molar-refractivity contribution in [3.63, 3.8) is 0 Å². The van der Waals surface area contributed by atoms with Gasteiger partial charge in [0.2, 0.25) is 5.91 Å². The Morgan fingerprint density at radius 1 is 1.38 bits per heavy atom. The van der Waals surface area contributed by atoms with Crippen LogP contribution in [0.1, 0.15) is 19.8 Å². The number of likely N-dealkylation sites (tertiary alicyclic amines) is 1. The first-order valence-electron chi connectivity index (χ1n) is 5.55. The quantitative estimate of drug-likeness (QED) is 0.673. The third kappa shape index (κ3) is 4.44. The van der Waals surface area contributed by atoms with Crippen LogP contribution in [0.25, 0.3) is 0 Å². The highest BCUT2D eigenvalue weighted by Crippen LogP contribution is 2.09. The first-order valence-corrected chi connectivity index (χ1v) is 5.55. The number of hydrogen-bond acceptors (Lipinski definition) is 3. The van der Waals surface area contributed by atoms with Crippen molar-refractivity contribution in [2.75, 3.05) is 19.6 Å². The van der Waals surface area contributed by atoms with Gasteiger partial charge >= 0.3 is 5.97 Å². The topological polar surface area (TPSA) is 69.6 Å². The Labute approximate surface area is 95.1 Å². The van der Waals surface area contributed by atoms with Crippen molar-refractivity contribution < 1.29 is 14.7 Å². The van der Waals surface area contributed by atoms with Gasteiger partial charge in [-0.25, -0.2) is 4.79 Å². The minimum atomic E-state index is -1.10. The molecule has 0 atom stereocenters. The summed E-state index contributed by atoms with van der Waals surface area (Å²) in [6.07, 6.45) is 3.78. The lowest BCUT2D eigenvalue weighted by atomic mass is 10.1. The number of carbonyl (C=O) groups is 2. The predicted octanol–water partition coefficient (Wildman–Crippen LogP) is 0.228. The molecule has 0 aromatic heterocycles. The average molecular weight is 226 g/mol. The number of hydrogen-bond donors (Lipinski definition) is 2. The summed E-state index contributed by atoms with van der Waals surface area (Å²) in [6.45, 7) is 5.14. The molecular weight excluding hydrogens is 208 g/mol. The standard InChI is InChI=1S/C11H18N2O3/c1-2-13-7-5-9(6-8-13)12-10(14)3-4-11(15)16/h3-4,9H,2,5-8H2,1H3,(H,12,14)(H,15,16)/b4-3+. The van der Waals surface area contributed by atoms with Crippen LogP contribution in [-0.2, 0) is 9.59 Å². The zero-order valence-corrected chi connectivity index (χ0v) is 9.48. The Hall–Kier alpha value is -1.36. The lowest BCUT2D eigenvalue weighted by Crippen LogP contribution is -2.44. The summed E-state index contributed by atoms with van der Waals surface area (Å²) in [5, 5.41) is 11.2. The summed E-state index contributed by atoms with van der Waals surface area (Å²) in [5.41, 5.74) is 0. The first-order chi connectivity index (χ1) is 7.61. The van der Waals surface area contributed by atoms with E-state index in [-0.39, 0.29) is 11.9 Å². The Morgan fingerprint density at radius 3 is 2.50 bits per heavy atom. The van der Waals surface area contributed by atoms with Crippen LogP contribution < -0.4 is 5.32 Å². The maximum absolute atomic E-state index is 11.3. The fraction of sp³-hybridized carbons (Fsp3) is 0.636. The molecule has 0 radical (unpaired) electrons. The number of piperidine rings is 1. The number of nitrogens with one attached hydrogen (secondary N) is 1. The van der Waals surface area contributed by atoms with Gasteiger partial charge in [0.1, 0.15) is 0 Å². The molecule has 90 valence electrons. The zero-order chi connectivity index (χ0) is 12.0. The van der Waals surface area contributed by atoms with Gasteiger partial charge < -0.3 is 15.3 Å². The van der Waals surface area contributed by atoms with Crippen molar-refractivity contribution in [1.29, 1.82) is 0 Å². The van der Waals surface area contributed by atoms with Crippen molar-refractivity contribution in [3.8, 4) is 0 Å². The largest absolute Gasteiger partial charge is 0.478 e. The first kappa shape index (κ1) is 12.7. The van der Waals surface area contributed by atoms with Crippen molar-refractivity contribution in [3.05, 3.63) is 12.2 Å². The molecular formula is C11H18N2O3. The molecule has 0 spiro atoms. The van der Waals surface area contributed by atoms with Gasteiger partial charge in [-0.1, -0.05) is 6.92 Å². The second-order valence-electron chi connectivity index (χ2n) is 3.89. The molecule has 0 aliphatic carbocycles. The number of aliphatic carboxylic acids is 1. The molecule has 1 aliphatic rings. The van der Waals surface area contributed by atoms with Crippen molar-refractivity contribution >= 4 is 11.9 Å². The Morgan fingerprint density at radius 2 is 2.00 bits per heavy atom. The minimum absolute atomic E-state index is 0.175. The molecule has 5 heteroatoms. The molecule has 0 saturated carbocycles. The van der Waals surface area contributed by atoms with E-state index in [0.717, 1.165) is 44.6 Å². The molecule has 16 heavy (non-hydrogen) atoms. The molecule has 0 aromatic carbocycles. The summed E-state index contributed by atoms with van der Waals surface area (Å²) in [4.78, 5) is 23.8. The van der Waals surface area contributed by atoms with Gasteiger partial charge in [-0.05, 0) is 19.4 Å². The Kier molecular flexibility index (Phi) is 4.98. The average Bonchev–Trinajstić information content (AvgIpc) is 2.27. The molecule has 1 aliphatic heterocycles. The highest BCUT2D eigenvalue weighted by atomic mass is 16.4. The van der Waals surface area contributed by atoms with E-state index >= 15 is 0 Å². The molecule has 1 rings (SSSR count). The van der Waals surface area contributed by atoms with Gasteiger partial charge in [-0.3, -0.25) is 4.79 Å². The summed E-state index contributed by atoms with van der Waals surface area (Å²) in [5.74, 6) is -1.42. The third-order valence-electron chi connectivity index (χ3n) is 2.76. The lowest BCUT2D eigenvalue weighted by Gasteiger charge is -2.31. The summed E-state index contributed by atoms with van der Waals surface area (Å²) < 4.78 is 0. The maximum atomic E-state index is 11.3. The fourth-order valence-electron chi connectivity index (χ4n) is 1.79. The van der Waals surface area contributed by atoms with Gasteiger partial charge in [0, 0.05) is 31.3 Å². The molecule has 2 N–H and O–H groups in total. The number of amides is 1. The van der Waals surface area contributed by atoms with Crippen LogP contribution in [0.15, 0.2) is 12.2 Å². The van der Waals surface area contributed by atoms with E-state index < -0.39 is 5.97 Å². The summed E-state index contributed by atoms with van der Waals surface area (Å²) in [7, 11) is 0. The monoisotopic (exact) mass is 226 g/mol. The van der Waals surface area contributed by atoms with E-state index in [4.69, 9.17) is 5.11 Å². The Balaban J connectivity index is 2.28. The van der Waals surface area contributed by atoms with Crippen LogP contribution in [0, 0.1) is 0 Å². The zero-order valence-electron chi connectivity index (χ0n) is 9.48. The molecule has 1 heterocycles. The van der Waals surface area contributed by atoms with Gasteiger partial charge in [0.05, 0.1) is 0 Å². The van der Waals surface area contributed by atoms with E-state index in [1.165, 1.54) is 0 Å². The van der Waals surface area contributed by atoms with Crippen LogP contribution in [0.4, 0.5) is 0 Å². The minimum Gasteiger partial charge on any atom is -0.478 e. The molecule has 0 aromatic rings. The number of carboxylic acids is 1. The van der Waals surface area contributed by atoms with E-state index in [0.29, 0.717) is 0 Å². The van der Waals surface area contributed by atoms with E-state index in [9.17, 15) is 9.59 Å². The van der Waals surface area contributed by atoms with Crippen LogP contribution in [0.5, 0.6) is 0 Å². The number of rotatable bonds is 4. The normalized spacial score (nSPS) is 18.8. The SMILES string of the molecule is CCN1CCC(NC(=O)/C=C/C(=O)O)CC1. The summed E-state index contributed by atoms with van der Waals surface area (Å²) in [6, 6.07) is 0.175. The number of carboxylic acid groups (broad SMARTS) is 1. The third-order valence-corrected chi connectivity index (χ3v) is 2.76. The maximum Gasteiger partial charge on any atom is 0.328 e. The van der Waals surface area contributed by atoms with Crippen LogP contribution >= 0.6 is 0 Å². The smallest absolute Gasteiger partial charge is 0.328 e. The number of carbonyl (C=O) groups excluding carboxylic acids is 1. The predicted molar refractivity (Wildman–Crippen MR) is 60.1 cm³/mol. The van der Waals surface area contributed by atoms with Crippen molar-refractivity contribution in [2.24, 2.45) is 0 Å². The lowest BCUT2D eigenvalue weighted by molar-refractivity contribution is -0.131. The van der Waals surface area contributed by atoms with Crippen LogP contribution in [-0.4, -0.2) is 47.6 Å². The molecule has 1 fully saturated rings. The molecule has 1 amide bonds. The number of nitrogens with zero attached hydrogens (tertiary/aromatic N) is 1. The van der Waals surface area contributed by atoms with Gasteiger partial charge in [-0.2, -0.15) is 0 Å². The molecule has 1 saturated heterocycles. The molecule has 5 nitrogen and oxygen atoms in total. The van der Waals surface area contributed by atoms with Crippen LogP contribution in [0.2, 0.25) is 0 Å². The fourth-order valence-corrected chi connectivity index (χ4v) is 1.79. The van der Waals surface area contributed by atoms with E-state index in [2.05, 4.69) is 17.1 Å². The van der Waals surface area contributed by atoms with Crippen molar-refractivity contribution in [1.82, 2.24) is 10.2 Å². The van der Waals surface area contributed by atoms with Gasteiger partial charge in [0.15, 0.2) is 0 Å². The summed E-state index contributed by atoms with van der Waals surface area (Å²) >= 11 is 0. The van der Waals surface area contributed by atoms with E-state index in [1.807, 2.05) is 0 Å². The van der Waals surface area contributed by atoms with Gasteiger partial charge in [0.25, 0.3) is 0 Å². The van der Waals surface area contributed by atoms with E-state index in [1.54, 1.807) is 0 Å².